The fourth-order valence-electron chi connectivity index (χ4n) is 1.44. The van der Waals surface area contributed by atoms with E-state index in [9.17, 15) is 4.79 Å². The normalized spacial score (nSPS) is 10.4. The molecule has 0 saturated carbocycles. The summed E-state index contributed by atoms with van der Waals surface area (Å²) in [5, 5.41) is 15.7. The summed E-state index contributed by atoms with van der Waals surface area (Å²) in [6.45, 7) is 0. The number of anilines is 1. The summed E-state index contributed by atoms with van der Waals surface area (Å²) in [4.78, 5) is 10.5. The molecule has 0 saturated heterocycles. The van der Waals surface area contributed by atoms with E-state index in [0.717, 1.165) is 5.56 Å². The summed E-state index contributed by atoms with van der Waals surface area (Å²) in [6, 6.07) is 7.46. The molecule has 2 rings (SSSR count). The van der Waals surface area contributed by atoms with Crippen molar-refractivity contribution in [1.29, 1.82) is 0 Å². The molecule has 0 aliphatic carbocycles. The van der Waals surface area contributed by atoms with Gasteiger partial charge in [-0.15, -0.1) is 10.2 Å². The Labute approximate surface area is 97.1 Å². The molecule has 3 N–H and O–H groups in total. The van der Waals surface area contributed by atoms with Crippen molar-refractivity contribution in [2.75, 3.05) is 5.73 Å². The summed E-state index contributed by atoms with van der Waals surface area (Å²) in [5.41, 5.74) is 7.45. The van der Waals surface area contributed by atoms with E-state index in [1.165, 1.54) is 0 Å². The molecule has 0 radical (unpaired) electrons. The Kier molecular flexibility index (Phi) is 3.04. The zero-order chi connectivity index (χ0) is 12.3. The zero-order valence-electron chi connectivity index (χ0n) is 8.96. The highest BCUT2D eigenvalue weighted by Gasteiger charge is 2.12. The maximum absolute atomic E-state index is 10.5. The lowest BCUT2D eigenvalue weighted by atomic mass is 10.1. The first-order chi connectivity index (χ1) is 8.16. The molecule has 1 heterocycles. The van der Waals surface area contributed by atoms with E-state index in [4.69, 9.17) is 15.3 Å². The van der Waals surface area contributed by atoms with Crippen molar-refractivity contribution in [3.8, 4) is 0 Å². The monoisotopic (exact) mass is 233 g/mol. The van der Waals surface area contributed by atoms with Crippen molar-refractivity contribution in [2.45, 2.75) is 12.8 Å². The average Bonchev–Trinajstić information content (AvgIpc) is 2.77. The number of nitrogens with two attached hydrogens (primary N) is 1. The number of hydrogen-bond acceptors (Lipinski definition) is 5. The Morgan fingerprint density at radius 1 is 1.29 bits per heavy atom. The average molecular weight is 233 g/mol. The van der Waals surface area contributed by atoms with Crippen LogP contribution in [0.2, 0.25) is 0 Å². The van der Waals surface area contributed by atoms with Gasteiger partial charge in [0.1, 0.15) is 0 Å². The van der Waals surface area contributed by atoms with Gasteiger partial charge < -0.3 is 15.3 Å². The predicted molar refractivity (Wildman–Crippen MR) is 59.5 cm³/mol. The maximum Gasteiger partial charge on any atom is 0.393 e. The highest BCUT2D eigenvalue weighted by molar-refractivity contribution is 5.81. The van der Waals surface area contributed by atoms with Gasteiger partial charge in [-0.25, -0.2) is 4.79 Å². The van der Waals surface area contributed by atoms with E-state index >= 15 is 0 Å². The second-order valence-electron chi connectivity index (χ2n) is 3.50. The summed E-state index contributed by atoms with van der Waals surface area (Å²) in [6.07, 6.45) is 1.10. The molecule has 0 bridgehead atoms. The van der Waals surface area contributed by atoms with Crippen LogP contribution in [0.5, 0.6) is 0 Å². The van der Waals surface area contributed by atoms with Crippen molar-refractivity contribution in [1.82, 2.24) is 10.2 Å². The lowest BCUT2D eigenvalue weighted by Crippen LogP contribution is -1.97. The van der Waals surface area contributed by atoms with E-state index in [-0.39, 0.29) is 5.89 Å². The Hall–Kier alpha value is -2.37. The Morgan fingerprint density at radius 3 is 2.71 bits per heavy atom. The molecule has 0 spiro atoms. The van der Waals surface area contributed by atoms with Gasteiger partial charge in [-0.1, -0.05) is 18.2 Å². The molecule has 0 amide bonds. The van der Waals surface area contributed by atoms with E-state index in [2.05, 4.69) is 10.2 Å². The fraction of sp³-hybridized carbons (Fsp3) is 0.182. The predicted octanol–water partition coefficient (Wildman–Crippen LogP) is 1.14. The molecule has 0 aliphatic rings. The van der Waals surface area contributed by atoms with Gasteiger partial charge in [0.05, 0.1) is 0 Å². The molecule has 2 aromatic rings. The van der Waals surface area contributed by atoms with Gasteiger partial charge in [0.2, 0.25) is 5.89 Å². The number of aromatic nitrogens is 2. The second kappa shape index (κ2) is 4.65. The van der Waals surface area contributed by atoms with E-state index in [1.54, 1.807) is 0 Å². The van der Waals surface area contributed by atoms with Crippen molar-refractivity contribution in [2.24, 2.45) is 0 Å². The summed E-state index contributed by atoms with van der Waals surface area (Å²) < 4.78 is 4.94. The number of benzene rings is 1. The number of nitrogen functional groups attached to an aromatic ring is 1. The molecular formula is C11H11N3O3. The molecule has 88 valence electrons. The van der Waals surface area contributed by atoms with Gasteiger partial charge in [-0.2, -0.15) is 0 Å². The molecule has 0 atom stereocenters. The lowest BCUT2D eigenvalue weighted by molar-refractivity contribution is 0.0651. The number of carboxylic acid groups (broad SMARTS) is 1. The highest BCUT2D eigenvalue weighted by atomic mass is 16.4. The van der Waals surface area contributed by atoms with E-state index < -0.39 is 5.97 Å². The standard InChI is InChI=1S/C11H11N3O3/c12-8-4-2-1-3-7(8)5-6-9-13-14-10(17-9)11(15)16/h1-4H,5-6,12H2,(H,15,16). The number of para-hydroxylation sites is 1. The molecule has 0 unspecified atom stereocenters. The summed E-state index contributed by atoms with van der Waals surface area (Å²) in [7, 11) is 0. The summed E-state index contributed by atoms with van der Waals surface area (Å²) >= 11 is 0. The van der Waals surface area contributed by atoms with Crippen LogP contribution in [0.15, 0.2) is 28.7 Å². The van der Waals surface area contributed by atoms with Gasteiger partial charge in [-0.3, -0.25) is 0 Å². The van der Waals surface area contributed by atoms with Gasteiger partial charge in [0.25, 0.3) is 0 Å². The summed E-state index contributed by atoms with van der Waals surface area (Å²) in [5.74, 6) is -1.31. The van der Waals surface area contributed by atoms with Gasteiger partial charge in [0, 0.05) is 12.1 Å². The first-order valence-corrected chi connectivity index (χ1v) is 5.06. The van der Waals surface area contributed by atoms with Crippen LogP contribution in [0, 0.1) is 0 Å². The third kappa shape index (κ3) is 2.60. The molecule has 6 nitrogen and oxygen atoms in total. The number of carboxylic acids is 1. The number of rotatable bonds is 4. The molecule has 1 aromatic carbocycles. The van der Waals surface area contributed by atoms with E-state index in [0.29, 0.717) is 24.4 Å². The van der Waals surface area contributed by atoms with Gasteiger partial charge in [0.15, 0.2) is 0 Å². The fourth-order valence-corrected chi connectivity index (χ4v) is 1.44. The van der Waals surface area contributed by atoms with Crippen LogP contribution in [0.3, 0.4) is 0 Å². The second-order valence-corrected chi connectivity index (χ2v) is 3.50. The first-order valence-electron chi connectivity index (χ1n) is 5.06. The number of nitrogens with zero attached hydrogens (tertiary/aromatic N) is 2. The number of aromatic carboxylic acids is 1. The molecule has 0 aliphatic heterocycles. The van der Waals surface area contributed by atoms with Crippen molar-refractivity contribution < 1.29 is 14.3 Å². The van der Waals surface area contributed by atoms with Crippen LogP contribution < -0.4 is 5.73 Å². The van der Waals surface area contributed by atoms with Crippen LogP contribution in [0.25, 0.3) is 0 Å². The number of aryl methyl sites for hydroxylation is 2. The number of hydrogen-bond donors (Lipinski definition) is 2. The van der Waals surface area contributed by atoms with Crippen LogP contribution in [-0.2, 0) is 12.8 Å². The first kappa shape index (κ1) is 11.1. The smallest absolute Gasteiger partial charge is 0.393 e. The minimum Gasteiger partial charge on any atom is -0.474 e. The molecule has 1 aromatic heterocycles. The van der Waals surface area contributed by atoms with Crippen LogP contribution >= 0.6 is 0 Å². The van der Waals surface area contributed by atoms with Gasteiger partial charge >= 0.3 is 11.9 Å². The topological polar surface area (TPSA) is 102 Å². The van der Waals surface area contributed by atoms with Crippen LogP contribution in [0.4, 0.5) is 5.69 Å². The zero-order valence-corrected chi connectivity index (χ0v) is 8.96. The van der Waals surface area contributed by atoms with Crippen molar-refractivity contribution >= 4 is 11.7 Å². The molecule has 6 heteroatoms. The van der Waals surface area contributed by atoms with Crippen molar-refractivity contribution in [3.63, 3.8) is 0 Å². The maximum atomic E-state index is 10.5. The third-order valence-electron chi connectivity index (χ3n) is 2.31. The molecule has 0 fully saturated rings. The molecule has 17 heavy (non-hydrogen) atoms. The minimum absolute atomic E-state index is 0.297. The third-order valence-corrected chi connectivity index (χ3v) is 2.31. The largest absolute Gasteiger partial charge is 0.474 e. The Morgan fingerprint density at radius 2 is 2.06 bits per heavy atom. The Balaban J connectivity index is 2.02. The van der Waals surface area contributed by atoms with Crippen LogP contribution in [0.1, 0.15) is 22.1 Å². The lowest BCUT2D eigenvalue weighted by Gasteiger charge is -2.02. The SMILES string of the molecule is Nc1ccccc1CCc1nnc(C(=O)O)o1. The number of carbonyl (C=O) groups is 1. The highest BCUT2D eigenvalue weighted by Crippen LogP contribution is 2.13. The minimum atomic E-state index is -1.22. The quantitative estimate of drug-likeness (QED) is 0.767. The van der Waals surface area contributed by atoms with Crippen molar-refractivity contribution in [3.05, 3.63) is 41.6 Å². The Bertz CT molecular complexity index is 536. The van der Waals surface area contributed by atoms with E-state index in [1.807, 2.05) is 24.3 Å². The van der Waals surface area contributed by atoms with Crippen LogP contribution in [-0.4, -0.2) is 21.3 Å². The van der Waals surface area contributed by atoms with Gasteiger partial charge in [-0.05, 0) is 18.1 Å². The molecular weight excluding hydrogens is 222 g/mol.